The highest BCUT2D eigenvalue weighted by molar-refractivity contribution is 7.89. The molecule has 6 heteroatoms. The van der Waals surface area contributed by atoms with Crippen LogP contribution in [0.1, 0.15) is 38.2 Å². The Bertz CT molecular complexity index is 1160. The van der Waals surface area contributed by atoms with Crippen molar-refractivity contribution in [3.05, 3.63) is 60.6 Å². The molecule has 0 saturated heterocycles. The minimum Gasteiger partial charge on any atom is -0.264 e. The van der Waals surface area contributed by atoms with Crippen molar-refractivity contribution in [3.63, 3.8) is 0 Å². The Hall–Kier alpha value is -2.31. The number of benzene rings is 1. The molecule has 2 fully saturated rings. The minimum atomic E-state index is -3.33. The predicted octanol–water partition coefficient (Wildman–Crippen LogP) is 4.25. The summed E-state index contributed by atoms with van der Waals surface area (Å²) < 4.78 is 28.4. The highest BCUT2D eigenvalue weighted by atomic mass is 32.2. The second-order valence-corrected chi connectivity index (χ2v) is 10.3. The number of pyridine rings is 2. The van der Waals surface area contributed by atoms with Gasteiger partial charge in [0.05, 0.1) is 16.8 Å². The normalized spacial score (nSPS) is 17.6. The van der Waals surface area contributed by atoms with Crippen molar-refractivity contribution in [2.75, 3.05) is 5.75 Å². The maximum atomic E-state index is 12.6. The molecular formula is C23H25N3O2S. The maximum absolute atomic E-state index is 12.6. The number of nitrogens with zero attached hydrogens (tertiary/aromatic N) is 2. The third-order valence-corrected chi connectivity index (χ3v) is 7.71. The van der Waals surface area contributed by atoms with Gasteiger partial charge < -0.3 is 0 Å². The van der Waals surface area contributed by atoms with E-state index in [2.05, 4.69) is 39.0 Å². The second-order valence-electron chi connectivity index (χ2n) is 8.30. The molecule has 2 heterocycles. The summed E-state index contributed by atoms with van der Waals surface area (Å²) in [6.07, 6.45) is 9.77. The van der Waals surface area contributed by atoms with E-state index in [0.29, 0.717) is 11.8 Å². The van der Waals surface area contributed by atoms with Gasteiger partial charge in [-0.25, -0.2) is 13.1 Å². The number of aromatic nitrogens is 2. The van der Waals surface area contributed by atoms with Crippen LogP contribution in [0, 0.1) is 11.8 Å². The van der Waals surface area contributed by atoms with E-state index in [1.165, 1.54) is 0 Å². The molecule has 2 aliphatic carbocycles. The van der Waals surface area contributed by atoms with Gasteiger partial charge in [0, 0.05) is 29.5 Å². The van der Waals surface area contributed by atoms with Crippen molar-refractivity contribution in [2.24, 2.45) is 11.8 Å². The first-order chi connectivity index (χ1) is 14.0. The molecule has 0 aliphatic heterocycles. The third-order valence-electron chi connectivity index (χ3n) is 6.30. The third kappa shape index (κ3) is 3.45. The molecule has 2 aromatic heterocycles. The number of sulfonamides is 1. The first-order valence-electron chi connectivity index (χ1n) is 10.3. The standard InChI is InChI=1S/C23H25N3O2S/c1-2-29(27,28)26-23(19-6-7-19,20-8-9-20)21-13-18(14-24-15-21)16-5-10-22-17(12-16)4-3-11-25-22/h3-5,10-15,19-20,26H,2,6-9H2,1H3. The summed E-state index contributed by atoms with van der Waals surface area (Å²) in [6.45, 7) is 1.70. The van der Waals surface area contributed by atoms with E-state index >= 15 is 0 Å². The fourth-order valence-electron chi connectivity index (χ4n) is 4.52. The van der Waals surface area contributed by atoms with Crippen LogP contribution >= 0.6 is 0 Å². The molecule has 0 unspecified atom stereocenters. The summed E-state index contributed by atoms with van der Waals surface area (Å²) in [4.78, 5) is 8.93. The first kappa shape index (κ1) is 18.7. The van der Waals surface area contributed by atoms with E-state index in [-0.39, 0.29) is 5.75 Å². The van der Waals surface area contributed by atoms with Crippen LogP contribution in [-0.2, 0) is 15.6 Å². The Morgan fingerprint density at radius 3 is 2.48 bits per heavy atom. The van der Waals surface area contributed by atoms with Crippen LogP contribution in [0.3, 0.4) is 0 Å². The smallest absolute Gasteiger partial charge is 0.212 e. The molecule has 150 valence electrons. The molecule has 0 radical (unpaired) electrons. The Balaban J connectivity index is 1.61. The molecule has 29 heavy (non-hydrogen) atoms. The van der Waals surface area contributed by atoms with Crippen molar-refractivity contribution < 1.29 is 8.42 Å². The summed E-state index contributed by atoms with van der Waals surface area (Å²) in [5.74, 6) is 0.808. The zero-order chi connectivity index (χ0) is 20.1. The summed E-state index contributed by atoms with van der Waals surface area (Å²) in [5, 5.41) is 1.08. The van der Waals surface area contributed by atoms with Crippen LogP contribution in [0.25, 0.3) is 22.0 Å². The van der Waals surface area contributed by atoms with Gasteiger partial charge in [-0.3, -0.25) is 9.97 Å². The van der Waals surface area contributed by atoms with Crippen LogP contribution in [0.15, 0.2) is 55.0 Å². The van der Waals surface area contributed by atoms with Crippen molar-refractivity contribution in [2.45, 2.75) is 38.1 Å². The molecule has 0 atom stereocenters. The monoisotopic (exact) mass is 407 g/mol. The number of nitrogens with one attached hydrogen (secondary N) is 1. The zero-order valence-corrected chi connectivity index (χ0v) is 17.3. The highest BCUT2D eigenvalue weighted by Gasteiger charge is 2.57. The number of hydrogen-bond acceptors (Lipinski definition) is 4. The summed E-state index contributed by atoms with van der Waals surface area (Å²) >= 11 is 0. The van der Waals surface area contributed by atoms with E-state index in [1.807, 2.05) is 24.5 Å². The van der Waals surface area contributed by atoms with E-state index in [1.54, 1.807) is 13.1 Å². The lowest BCUT2D eigenvalue weighted by atomic mass is 9.81. The van der Waals surface area contributed by atoms with Crippen molar-refractivity contribution in [1.82, 2.24) is 14.7 Å². The van der Waals surface area contributed by atoms with Crippen molar-refractivity contribution >= 4 is 20.9 Å². The average molecular weight is 408 g/mol. The van der Waals surface area contributed by atoms with E-state index in [9.17, 15) is 8.42 Å². The van der Waals surface area contributed by atoms with Gasteiger partial charge >= 0.3 is 0 Å². The van der Waals surface area contributed by atoms with Crippen molar-refractivity contribution in [3.8, 4) is 11.1 Å². The quantitative estimate of drug-likeness (QED) is 0.635. The van der Waals surface area contributed by atoms with Gasteiger partial charge in [-0.2, -0.15) is 0 Å². The SMILES string of the molecule is CCS(=O)(=O)NC(c1cncc(-c2ccc3ncccc3c2)c1)(C1CC1)C1CC1. The van der Waals surface area contributed by atoms with E-state index < -0.39 is 15.6 Å². The minimum absolute atomic E-state index is 0.0962. The average Bonchev–Trinajstić information content (AvgIpc) is 3.64. The lowest BCUT2D eigenvalue weighted by molar-refractivity contribution is 0.292. The van der Waals surface area contributed by atoms with Crippen LogP contribution < -0.4 is 4.72 Å². The molecular weight excluding hydrogens is 382 g/mol. The fourth-order valence-corrected chi connectivity index (χ4v) is 5.63. The fraction of sp³-hybridized carbons (Fsp3) is 0.391. The Morgan fingerprint density at radius 2 is 1.79 bits per heavy atom. The summed E-state index contributed by atoms with van der Waals surface area (Å²) in [5.41, 5.74) is 3.52. The summed E-state index contributed by atoms with van der Waals surface area (Å²) in [6, 6.07) is 12.3. The molecule has 0 bridgehead atoms. The lowest BCUT2D eigenvalue weighted by Gasteiger charge is -2.36. The molecule has 3 aromatic rings. The molecule has 5 nitrogen and oxygen atoms in total. The molecule has 1 N–H and O–H groups in total. The molecule has 5 rings (SSSR count). The highest BCUT2D eigenvalue weighted by Crippen LogP contribution is 2.58. The van der Waals surface area contributed by atoms with Crippen LogP contribution in [0.5, 0.6) is 0 Å². The van der Waals surface area contributed by atoms with Gasteiger partial charge in [0.25, 0.3) is 0 Å². The van der Waals surface area contributed by atoms with Crippen molar-refractivity contribution in [1.29, 1.82) is 0 Å². The number of hydrogen-bond donors (Lipinski definition) is 1. The zero-order valence-electron chi connectivity index (χ0n) is 16.5. The molecule has 1 aromatic carbocycles. The van der Waals surface area contributed by atoms with E-state index in [4.69, 9.17) is 0 Å². The number of fused-ring (bicyclic) bond motifs is 1. The molecule has 0 amide bonds. The number of rotatable bonds is 7. The first-order valence-corrected chi connectivity index (χ1v) is 12.0. The van der Waals surface area contributed by atoms with Crippen LogP contribution in [0.2, 0.25) is 0 Å². The Morgan fingerprint density at radius 1 is 1.03 bits per heavy atom. The van der Waals surface area contributed by atoms with Gasteiger partial charge in [-0.15, -0.1) is 0 Å². The molecule has 2 aliphatic rings. The largest absolute Gasteiger partial charge is 0.264 e. The van der Waals surface area contributed by atoms with Gasteiger partial charge in [-0.05, 0) is 79.8 Å². The lowest BCUT2D eigenvalue weighted by Crippen LogP contribution is -2.50. The van der Waals surface area contributed by atoms with E-state index in [0.717, 1.165) is 53.3 Å². The van der Waals surface area contributed by atoms with Gasteiger partial charge in [0.15, 0.2) is 0 Å². The summed E-state index contributed by atoms with van der Waals surface area (Å²) in [7, 11) is -3.33. The van der Waals surface area contributed by atoms with Crippen LogP contribution in [0.4, 0.5) is 0 Å². The molecule has 0 spiro atoms. The predicted molar refractivity (Wildman–Crippen MR) is 115 cm³/mol. The molecule has 2 saturated carbocycles. The van der Waals surface area contributed by atoms with Gasteiger partial charge in [0.2, 0.25) is 10.0 Å². The Labute approximate surface area is 171 Å². The van der Waals surface area contributed by atoms with Gasteiger partial charge in [-0.1, -0.05) is 12.1 Å². The topological polar surface area (TPSA) is 72.0 Å². The second kappa shape index (κ2) is 6.89. The van der Waals surface area contributed by atoms with Gasteiger partial charge in [0.1, 0.15) is 0 Å². The maximum Gasteiger partial charge on any atom is 0.212 e. The van der Waals surface area contributed by atoms with Crippen LogP contribution in [-0.4, -0.2) is 24.1 Å². The Kier molecular flexibility index (Phi) is 4.44.